The molecule has 1 saturated carbocycles. The maximum absolute atomic E-state index is 11.9. The zero-order valence-corrected chi connectivity index (χ0v) is 11.6. The first kappa shape index (κ1) is 13.3. The molecule has 108 valence electrons. The van der Waals surface area contributed by atoms with Crippen LogP contribution in [0.25, 0.3) is 0 Å². The Morgan fingerprint density at radius 2 is 2.21 bits per heavy atom. The molecule has 0 aromatic heterocycles. The minimum absolute atomic E-state index is 0.113. The van der Waals surface area contributed by atoms with Crippen molar-refractivity contribution in [2.24, 2.45) is 0 Å². The van der Waals surface area contributed by atoms with Gasteiger partial charge in [0.05, 0.1) is 25.9 Å². The molecule has 2 saturated heterocycles. The van der Waals surface area contributed by atoms with Gasteiger partial charge >= 0.3 is 5.97 Å². The SMILES string of the molecule is COC(=O)C1COCCN1C1CCOC2(CCC2)C1. The van der Waals surface area contributed by atoms with Crippen LogP contribution in [0.4, 0.5) is 0 Å². The van der Waals surface area contributed by atoms with Crippen LogP contribution in [-0.2, 0) is 19.0 Å². The van der Waals surface area contributed by atoms with Crippen LogP contribution in [0.2, 0.25) is 0 Å². The summed E-state index contributed by atoms with van der Waals surface area (Å²) in [4.78, 5) is 14.2. The first-order chi connectivity index (χ1) is 9.24. The van der Waals surface area contributed by atoms with Gasteiger partial charge in [0.25, 0.3) is 0 Å². The van der Waals surface area contributed by atoms with Crippen molar-refractivity contribution in [1.29, 1.82) is 0 Å². The molecule has 5 heteroatoms. The van der Waals surface area contributed by atoms with Crippen molar-refractivity contribution in [3.05, 3.63) is 0 Å². The van der Waals surface area contributed by atoms with Crippen molar-refractivity contribution in [2.75, 3.05) is 33.5 Å². The highest BCUT2D eigenvalue weighted by atomic mass is 16.5. The largest absolute Gasteiger partial charge is 0.468 e. The molecule has 0 radical (unpaired) electrons. The van der Waals surface area contributed by atoms with Crippen molar-refractivity contribution in [3.8, 4) is 0 Å². The summed E-state index contributed by atoms with van der Waals surface area (Å²) in [6, 6.07) is 0.195. The average Bonchev–Trinajstić information content (AvgIpc) is 2.45. The molecule has 2 atom stereocenters. The Hall–Kier alpha value is -0.650. The average molecular weight is 269 g/mol. The molecule has 2 unspecified atom stereocenters. The summed E-state index contributed by atoms with van der Waals surface area (Å²) in [5, 5.41) is 0. The molecule has 0 bridgehead atoms. The molecule has 1 spiro atoms. The van der Waals surface area contributed by atoms with Crippen LogP contribution in [0.1, 0.15) is 32.1 Å². The van der Waals surface area contributed by atoms with Crippen LogP contribution in [-0.4, -0.2) is 62.0 Å². The second-order valence-electron chi connectivity index (χ2n) is 5.88. The normalized spacial score (nSPS) is 34.8. The van der Waals surface area contributed by atoms with Crippen molar-refractivity contribution in [3.63, 3.8) is 0 Å². The second-order valence-corrected chi connectivity index (χ2v) is 5.88. The molecule has 19 heavy (non-hydrogen) atoms. The number of carbonyl (C=O) groups is 1. The van der Waals surface area contributed by atoms with E-state index in [1.807, 2.05) is 0 Å². The van der Waals surface area contributed by atoms with E-state index >= 15 is 0 Å². The fourth-order valence-corrected chi connectivity index (χ4v) is 3.60. The Balaban J connectivity index is 1.69. The lowest BCUT2D eigenvalue weighted by Crippen LogP contribution is -2.59. The van der Waals surface area contributed by atoms with Crippen LogP contribution >= 0.6 is 0 Å². The minimum atomic E-state index is -0.237. The van der Waals surface area contributed by atoms with E-state index in [4.69, 9.17) is 14.2 Å². The van der Waals surface area contributed by atoms with Crippen LogP contribution in [0, 0.1) is 0 Å². The van der Waals surface area contributed by atoms with E-state index in [2.05, 4.69) is 4.90 Å². The zero-order valence-electron chi connectivity index (χ0n) is 11.6. The van der Waals surface area contributed by atoms with Gasteiger partial charge in [0.1, 0.15) is 6.04 Å². The van der Waals surface area contributed by atoms with Crippen molar-refractivity contribution in [1.82, 2.24) is 4.90 Å². The summed E-state index contributed by atoms with van der Waals surface area (Å²) < 4.78 is 16.3. The smallest absolute Gasteiger partial charge is 0.325 e. The molecule has 3 rings (SSSR count). The van der Waals surface area contributed by atoms with E-state index in [-0.39, 0.29) is 17.6 Å². The quantitative estimate of drug-likeness (QED) is 0.699. The summed E-state index contributed by atoms with van der Waals surface area (Å²) in [6.45, 7) is 2.80. The van der Waals surface area contributed by atoms with E-state index in [0.717, 1.165) is 26.0 Å². The lowest BCUT2D eigenvalue weighted by atomic mass is 9.73. The van der Waals surface area contributed by atoms with Gasteiger partial charge in [-0.15, -0.1) is 0 Å². The van der Waals surface area contributed by atoms with Gasteiger partial charge < -0.3 is 14.2 Å². The number of nitrogens with zero attached hydrogens (tertiary/aromatic N) is 1. The molecule has 1 aliphatic carbocycles. The topological polar surface area (TPSA) is 48.0 Å². The van der Waals surface area contributed by atoms with Crippen LogP contribution in [0.3, 0.4) is 0 Å². The van der Waals surface area contributed by atoms with E-state index in [1.165, 1.54) is 26.4 Å². The molecule has 3 fully saturated rings. The van der Waals surface area contributed by atoms with Crippen molar-refractivity contribution in [2.45, 2.75) is 49.8 Å². The third kappa shape index (κ3) is 2.51. The summed E-state index contributed by atoms with van der Waals surface area (Å²) in [5.74, 6) is -0.172. The predicted molar refractivity (Wildman–Crippen MR) is 68.9 cm³/mol. The molecule has 2 aliphatic heterocycles. The number of carbonyl (C=O) groups excluding carboxylic acids is 1. The van der Waals surface area contributed by atoms with Gasteiger partial charge in [-0.05, 0) is 32.1 Å². The molecule has 5 nitrogen and oxygen atoms in total. The Bertz CT molecular complexity index is 342. The maximum Gasteiger partial charge on any atom is 0.325 e. The Labute approximate surface area is 114 Å². The molecule has 0 aromatic rings. The van der Waals surface area contributed by atoms with Crippen LogP contribution in [0.5, 0.6) is 0 Å². The van der Waals surface area contributed by atoms with Gasteiger partial charge in [-0.2, -0.15) is 0 Å². The van der Waals surface area contributed by atoms with E-state index < -0.39 is 0 Å². The number of hydrogen-bond acceptors (Lipinski definition) is 5. The highest BCUT2D eigenvalue weighted by Gasteiger charge is 2.46. The van der Waals surface area contributed by atoms with Crippen molar-refractivity contribution >= 4 is 5.97 Å². The molecule has 2 heterocycles. The van der Waals surface area contributed by atoms with E-state index in [1.54, 1.807) is 0 Å². The van der Waals surface area contributed by atoms with Crippen molar-refractivity contribution < 1.29 is 19.0 Å². The lowest BCUT2D eigenvalue weighted by Gasteiger charge is -2.51. The Morgan fingerprint density at radius 3 is 2.89 bits per heavy atom. The molecule has 3 aliphatic rings. The number of methoxy groups -OCH3 is 1. The lowest BCUT2D eigenvalue weighted by molar-refractivity contribution is -0.173. The summed E-state index contributed by atoms with van der Waals surface area (Å²) in [6.07, 6.45) is 5.69. The highest BCUT2D eigenvalue weighted by Crippen LogP contribution is 2.43. The number of hydrogen-bond donors (Lipinski definition) is 0. The van der Waals surface area contributed by atoms with E-state index in [0.29, 0.717) is 19.3 Å². The number of esters is 1. The Morgan fingerprint density at radius 1 is 1.37 bits per heavy atom. The maximum atomic E-state index is 11.9. The first-order valence-electron chi connectivity index (χ1n) is 7.29. The molecular weight excluding hydrogens is 246 g/mol. The first-order valence-corrected chi connectivity index (χ1v) is 7.29. The Kier molecular flexibility index (Phi) is 3.78. The fraction of sp³-hybridized carbons (Fsp3) is 0.929. The zero-order chi connectivity index (χ0) is 13.3. The highest BCUT2D eigenvalue weighted by molar-refractivity contribution is 5.76. The van der Waals surface area contributed by atoms with Gasteiger partial charge in [0.2, 0.25) is 0 Å². The summed E-state index contributed by atoms with van der Waals surface area (Å²) in [7, 11) is 1.45. The monoisotopic (exact) mass is 269 g/mol. The molecular formula is C14H23NO4. The summed E-state index contributed by atoms with van der Waals surface area (Å²) in [5.41, 5.74) is 0.113. The van der Waals surface area contributed by atoms with Gasteiger partial charge in [0, 0.05) is 19.2 Å². The molecule has 0 N–H and O–H groups in total. The van der Waals surface area contributed by atoms with Crippen LogP contribution < -0.4 is 0 Å². The number of rotatable bonds is 2. The fourth-order valence-electron chi connectivity index (χ4n) is 3.60. The van der Waals surface area contributed by atoms with Crippen LogP contribution in [0.15, 0.2) is 0 Å². The third-order valence-electron chi connectivity index (χ3n) is 4.84. The van der Waals surface area contributed by atoms with Gasteiger partial charge in [-0.25, -0.2) is 0 Å². The predicted octanol–water partition coefficient (Wildman–Crippen LogP) is 0.962. The second kappa shape index (κ2) is 5.38. The standard InChI is InChI=1S/C14H23NO4/c1-17-13(16)12-10-18-8-6-15(12)11-3-7-19-14(9-11)4-2-5-14/h11-12H,2-10H2,1H3. The van der Waals surface area contributed by atoms with Gasteiger partial charge in [-0.1, -0.05) is 0 Å². The van der Waals surface area contributed by atoms with Gasteiger partial charge in [-0.3, -0.25) is 9.69 Å². The molecule has 0 aromatic carbocycles. The summed E-state index contributed by atoms with van der Waals surface area (Å²) >= 11 is 0. The molecule has 0 amide bonds. The van der Waals surface area contributed by atoms with E-state index in [9.17, 15) is 4.79 Å². The third-order valence-corrected chi connectivity index (χ3v) is 4.84. The number of morpholine rings is 1. The number of ether oxygens (including phenoxy) is 3. The van der Waals surface area contributed by atoms with Gasteiger partial charge in [0.15, 0.2) is 0 Å². The minimum Gasteiger partial charge on any atom is -0.468 e.